The van der Waals surface area contributed by atoms with Gasteiger partial charge in [0.25, 0.3) is 5.91 Å². The molecule has 1 aliphatic rings. The number of hydrogen-bond acceptors (Lipinski definition) is 4. The minimum absolute atomic E-state index is 0.0256. The number of nitrogens with zero attached hydrogens (tertiary/aromatic N) is 3. The number of benzene rings is 2. The molecule has 35 heavy (non-hydrogen) atoms. The van der Waals surface area contributed by atoms with E-state index in [2.05, 4.69) is 9.88 Å². The maximum Gasteiger partial charge on any atom is 0.416 e. The molecule has 0 N–H and O–H groups in total. The summed E-state index contributed by atoms with van der Waals surface area (Å²) in [7, 11) is 0. The van der Waals surface area contributed by atoms with Gasteiger partial charge in [-0.2, -0.15) is 13.2 Å². The summed E-state index contributed by atoms with van der Waals surface area (Å²) >= 11 is 0. The van der Waals surface area contributed by atoms with Crippen molar-refractivity contribution in [3.05, 3.63) is 95.3 Å². The molecule has 184 valence electrons. The van der Waals surface area contributed by atoms with Crippen LogP contribution < -0.4 is 4.74 Å². The van der Waals surface area contributed by atoms with Crippen molar-refractivity contribution < 1.29 is 22.7 Å². The van der Waals surface area contributed by atoms with Crippen molar-refractivity contribution in [3.8, 4) is 5.75 Å². The Morgan fingerprint density at radius 3 is 2.26 bits per heavy atom. The molecule has 0 spiro atoms. The van der Waals surface area contributed by atoms with Gasteiger partial charge in [-0.15, -0.1) is 0 Å². The number of ether oxygens (including phenoxy) is 1. The summed E-state index contributed by atoms with van der Waals surface area (Å²) in [6, 6.07) is 16.4. The Kier molecular flexibility index (Phi) is 8.02. The van der Waals surface area contributed by atoms with Gasteiger partial charge in [-0.25, -0.2) is 0 Å². The second kappa shape index (κ2) is 11.4. The molecule has 5 nitrogen and oxygen atoms in total. The first-order chi connectivity index (χ1) is 16.9. The van der Waals surface area contributed by atoms with Crippen LogP contribution in [0.1, 0.15) is 33.5 Å². The molecule has 1 aromatic heterocycles. The lowest BCUT2D eigenvalue weighted by Crippen LogP contribution is -2.48. The van der Waals surface area contributed by atoms with Crippen molar-refractivity contribution in [3.63, 3.8) is 0 Å². The highest BCUT2D eigenvalue weighted by Crippen LogP contribution is 2.29. The number of hydrogen-bond donors (Lipinski definition) is 0. The maximum atomic E-state index is 12.9. The number of amides is 1. The van der Waals surface area contributed by atoms with Crippen LogP contribution in [0, 0.1) is 0 Å². The third kappa shape index (κ3) is 7.05. The van der Waals surface area contributed by atoms with Crippen LogP contribution in [0.15, 0.2) is 73.1 Å². The van der Waals surface area contributed by atoms with E-state index in [9.17, 15) is 18.0 Å². The number of halogens is 3. The van der Waals surface area contributed by atoms with Crippen LogP contribution in [-0.4, -0.2) is 53.5 Å². The van der Waals surface area contributed by atoms with Gasteiger partial charge in [0.1, 0.15) is 5.75 Å². The normalized spacial score (nSPS) is 14.7. The Hall–Kier alpha value is -3.39. The summed E-state index contributed by atoms with van der Waals surface area (Å²) in [4.78, 5) is 20.9. The first kappa shape index (κ1) is 24.7. The lowest BCUT2D eigenvalue weighted by atomic mass is 10.1. The van der Waals surface area contributed by atoms with Crippen LogP contribution in [-0.2, 0) is 19.1 Å². The Morgan fingerprint density at radius 1 is 0.914 bits per heavy atom. The van der Waals surface area contributed by atoms with Crippen LogP contribution in [0.3, 0.4) is 0 Å². The molecule has 2 aromatic carbocycles. The minimum Gasteiger partial charge on any atom is -0.494 e. The van der Waals surface area contributed by atoms with E-state index in [1.54, 1.807) is 18.3 Å². The number of carbonyl (C=O) groups is 1. The van der Waals surface area contributed by atoms with Crippen molar-refractivity contribution >= 4 is 5.91 Å². The molecule has 1 aliphatic heterocycles. The molecule has 0 unspecified atom stereocenters. The molecule has 1 saturated heterocycles. The van der Waals surface area contributed by atoms with Gasteiger partial charge in [-0.3, -0.25) is 14.7 Å². The predicted molar refractivity (Wildman–Crippen MR) is 127 cm³/mol. The van der Waals surface area contributed by atoms with Gasteiger partial charge < -0.3 is 9.64 Å². The number of piperazine rings is 1. The molecule has 2 heterocycles. The molecule has 0 bridgehead atoms. The van der Waals surface area contributed by atoms with Gasteiger partial charge in [-0.1, -0.05) is 18.2 Å². The number of aryl methyl sites for hydroxylation is 1. The summed E-state index contributed by atoms with van der Waals surface area (Å²) in [6.07, 6.45) is 1.06. The summed E-state index contributed by atoms with van der Waals surface area (Å²) in [5.41, 5.74) is 1.98. The van der Waals surface area contributed by atoms with E-state index >= 15 is 0 Å². The van der Waals surface area contributed by atoms with E-state index in [1.165, 1.54) is 17.7 Å². The SMILES string of the molecule is O=C(c1ccc(OCCCc2cccnc2)cc1)N1CCN(Cc2ccc(C(F)(F)F)cc2)CC1. The van der Waals surface area contributed by atoms with E-state index < -0.39 is 11.7 Å². The summed E-state index contributed by atoms with van der Waals surface area (Å²) in [6.45, 7) is 3.64. The molecule has 3 aromatic rings. The minimum atomic E-state index is -4.32. The predicted octanol–water partition coefficient (Wildman–Crippen LogP) is 5.07. The van der Waals surface area contributed by atoms with Crippen molar-refractivity contribution in [2.24, 2.45) is 0 Å². The van der Waals surface area contributed by atoms with Gasteiger partial charge in [0.2, 0.25) is 0 Å². The third-order valence-corrected chi connectivity index (χ3v) is 6.05. The standard InChI is InChI=1S/C27H28F3N3O2/c28-27(29,30)24-9-5-22(6-10-24)20-32-14-16-33(17-15-32)26(34)23-7-11-25(12-8-23)35-18-2-4-21-3-1-13-31-19-21/h1,3,5-13,19H,2,4,14-18,20H2. The molecular formula is C27H28F3N3O2. The van der Waals surface area contributed by atoms with Crippen molar-refractivity contribution in [1.29, 1.82) is 0 Å². The van der Waals surface area contributed by atoms with E-state index in [1.807, 2.05) is 35.4 Å². The van der Waals surface area contributed by atoms with Crippen LogP contribution in [0.5, 0.6) is 5.75 Å². The van der Waals surface area contributed by atoms with Gasteiger partial charge in [-0.05, 0) is 66.4 Å². The first-order valence-electron chi connectivity index (χ1n) is 11.7. The molecule has 0 aliphatic carbocycles. The molecule has 0 saturated carbocycles. The topological polar surface area (TPSA) is 45.7 Å². The monoisotopic (exact) mass is 483 g/mol. The summed E-state index contributed by atoms with van der Waals surface area (Å²) in [5.74, 6) is 0.705. The number of rotatable bonds is 8. The molecule has 4 rings (SSSR count). The fourth-order valence-corrected chi connectivity index (χ4v) is 4.06. The Bertz CT molecular complexity index is 1080. The van der Waals surface area contributed by atoms with Gasteiger partial charge in [0, 0.05) is 50.7 Å². The van der Waals surface area contributed by atoms with E-state index in [0.29, 0.717) is 44.9 Å². The van der Waals surface area contributed by atoms with Gasteiger partial charge in [0.15, 0.2) is 0 Å². The first-order valence-corrected chi connectivity index (χ1v) is 11.7. The number of carbonyl (C=O) groups excluding carboxylic acids is 1. The zero-order valence-electron chi connectivity index (χ0n) is 19.4. The van der Waals surface area contributed by atoms with Crippen LogP contribution in [0.25, 0.3) is 0 Å². The zero-order chi connectivity index (χ0) is 24.7. The van der Waals surface area contributed by atoms with Crippen LogP contribution >= 0.6 is 0 Å². The second-order valence-electron chi connectivity index (χ2n) is 8.60. The van der Waals surface area contributed by atoms with Crippen molar-refractivity contribution in [2.45, 2.75) is 25.6 Å². The fourth-order valence-electron chi connectivity index (χ4n) is 4.06. The molecule has 0 radical (unpaired) electrons. The average molecular weight is 484 g/mol. The maximum absolute atomic E-state index is 12.9. The Balaban J connectivity index is 1.20. The van der Waals surface area contributed by atoms with Gasteiger partial charge in [0.05, 0.1) is 12.2 Å². The highest BCUT2D eigenvalue weighted by Gasteiger charge is 2.30. The molecule has 0 atom stereocenters. The van der Waals surface area contributed by atoms with E-state index in [4.69, 9.17) is 4.74 Å². The van der Waals surface area contributed by atoms with Crippen molar-refractivity contribution in [1.82, 2.24) is 14.8 Å². The molecular weight excluding hydrogens is 455 g/mol. The molecule has 8 heteroatoms. The fraction of sp³-hybridized carbons (Fsp3) is 0.333. The number of pyridine rings is 1. The van der Waals surface area contributed by atoms with E-state index in [-0.39, 0.29) is 5.91 Å². The Morgan fingerprint density at radius 2 is 1.63 bits per heavy atom. The highest BCUT2D eigenvalue weighted by atomic mass is 19.4. The largest absolute Gasteiger partial charge is 0.494 e. The lowest BCUT2D eigenvalue weighted by Gasteiger charge is -2.34. The number of aromatic nitrogens is 1. The molecule has 1 fully saturated rings. The van der Waals surface area contributed by atoms with E-state index in [0.717, 1.165) is 36.3 Å². The number of alkyl halides is 3. The zero-order valence-corrected chi connectivity index (χ0v) is 19.4. The third-order valence-electron chi connectivity index (χ3n) is 6.05. The van der Waals surface area contributed by atoms with Crippen molar-refractivity contribution in [2.75, 3.05) is 32.8 Å². The smallest absolute Gasteiger partial charge is 0.416 e. The highest BCUT2D eigenvalue weighted by molar-refractivity contribution is 5.94. The summed E-state index contributed by atoms with van der Waals surface area (Å²) in [5, 5.41) is 0. The lowest BCUT2D eigenvalue weighted by molar-refractivity contribution is -0.137. The second-order valence-corrected chi connectivity index (χ2v) is 8.60. The summed E-state index contributed by atoms with van der Waals surface area (Å²) < 4.78 is 44.0. The average Bonchev–Trinajstić information content (AvgIpc) is 2.87. The Labute approximate surface area is 203 Å². The molecule has 1 amide bonds. The quantitative estimate of drug-likeness (QED) is 0.420. The van der Waals surface area contributed by atoms with Gasteiger partial charge >= 0.3 is 6.18 Å². The van der Waals surface area contributed by atoms with Crippen LogP contribution in [0.4, 0.5) is 13.2 Å². The van der Waals surface area contributed by atoms with Crippen LogP contribution in [0.2, 0.25) is 0 Å².